The molecule has 0 saturated heterocycles. The zero-order valence-electron chi connectivity index (χ0n) is 9.91. The highest BCUT2D eigenvalue weighted by Gasteiger charge is 2.03. The van der Waals surface area contributed by atoms with Gasteiger partial charge in [-0.1, -0.05) is 13.0 Å². The normalized spacial score (nSPS) is 11.1. The first-order chi connectivity index (χ1) is 7.67. The number of nitrogens with one attached hydrogen (secondary N) is 1. The number of ether oxygens (including phenoxy) is 1. The average molecular weight is 219 g/mol. The number of methoxy groups -OCH3 is 1. The Kier molecular flexibility index (Phi) is 4.58. The molecule has 0 spiro atoms. The van der Waals surface area contributed by atoms with Crippen LogP contribution in [-0.4, -0.2) is 13.0 Å². The van der Waals surface area contributed by atoms with Crippen LogP contribution in [0.15, 0.2) is 35.9 Å². The molecule has 0 fully saturated rings. The lowest BCUT2D eigenvalue weighted by molar-refractivity contribution is -0.112. The van der Waals surface area contributed by atoms with Gasteiger partial charge in [-0.2, -0.15) is 0 Å². The van der Waals surface area contributed by atoms with Crippen molar-refractivity contribution in [3.8, 4) is 5.75 Å². The van der Waals surface area contributed by atoms with Crippen molar-refractivity contribution < 1.29 is 9.53 Å². The number of hydrogen-bond acceptors (Lipinski definition) is 2. The van der Waals surface area contributed by atoms with E-state index in [4.69, 9.17) is 4.74 Å². The van der Waals surface area contributed by atoms with Gasteiger partial charge in [0.2, 0.25) is 0 Å². The Morgan fingerprint density at radius 1 is 1.38 bits per heavy atom. The molecule has 0 radical (unpaired) electrons. The van der Waals surface area contributed by atoms with Crippen LogP contribution in [-0.2, 0) is 4.79 Å². The Morgan fingerprint density at radius 2 is 2.00 bits per heavy atom. The maximum Gasteiger partial charge on any atom is 0.250 e. The Labute approximate surface area is 96.1 Å². The topological polar surface area (TPSA) is 38.3 Å². The van der Waals surface area contributed by atoms with Gasteiger partial charge in [0.15, 0.2) is 0 Å². The van der Waals surface area contributed by atoms with Gasteiger partial charge in [0.1, 0.15) is 5.75 Å². The molecule has 1 aromatic carbocycles. The van der Waals surface area contributed by atoms with Crippen molar-refractivity contribution in [2.24, 2.45) is 0 Å². The number of amides is 1. The molecule has 0 aliphatic carbocycles. The fourth-order valence-corrected chi connectivity index (χ4v) is 1.30. The minimum absolute atomic E-state index is 0.0629. The molecule has 0 bridgehead atoms. The molecule has 3 heteroatoms. The Morgan fingerprint density at radius 3 is 2.50 bits per heavy atom. The van der Waals surface area contributed by atoms with Gasteiger partial charge in [-0.05, 0) is 37.6 Å². The molecular weight excluding hydrogens is 202 g/mol. The summed E-state index contributed by atoms with van der Waals surface area (Å²) in [6.45, 7) is 3.81. The van der Waals surface area contributed by atoms with Crippen LogP contribution in [0.1, 0.15) is 20.3 Å². The second kappa shape index (κ2) is 5.95. The van der Waals surface area contributed by atoms with Gasteiger partial charge in [-0.15, -0.1) is 0 Å². The van der Waals surface area contributed by atoms with Crippen LogP contribution < -0.4 is 10.1 Å². The highest BCUT2D eigenvalue weighted by atomic mass is 16.5. The van der Waals surface area contributed by atoms with Crippen molar-refractivity contribution in [1.29, 1.82) is 0 Å². The third-order valence-corrected chi connectivity index (χ3v) is 2.22. The van der Waals surface area contributed by atoms with Gasteiger partial charge in [-0.3, -0.25) is 4.79 Å². The Balaban J connectivity index is 2.66. The summed E-state index contributed by atoms with van der Waals surface area (Å²) < 4.78 is 5.04. The van der Waals surface area contributed by atoms with Crippen molar-refractivity contribution in [2.45, 2.75) is 20.3 Å². The maximum absolute atomic E-state index is 11.6. The van der Waals surface area contributed by atoms with Gasteiger partial charge >= 0.3 is 0 Å². The maximum atomic E-state index is 11.6. The third-order valence-electron chi connectivity index (χ3n) is 2.22. The van der Waals surface area contributed by atoms with Gasteiger partial charge in [0.25, 0.3) is 5.91 Å². The molecule has 0 aliphatic heterocycles. The standard InChI is InChI=1S/C13H17NO2/c1-4-5-10(2)13(15)14-11-6-8-12(16-3)9-7-11/h5-9H,4H2,1-3H3,(H,14,15)/b10-5+. The van der Waals surface area contributed by atoms with E-state index >= 15 is 0 Å². The van der Waals surface area contributed by atoms with Crippen molar-refractivity contribution in [3.05, 3.63) is 35.9 Å². The second-order valence-electron chi connectivity index (χ2n) is 3.48. The summed E-state index contributed by atoms with van der Waals surface area (Å²) in [6, 6.07) is 7.26. The van der Waals surface area contributed by atoms with E-state index in [2.05, 4.69) is 5.32 Å². The summed E-state index contributed by atoms with van der Waals surface area (Å²) in [6.07, 6.45) is 2.76. The molecule has 1 aromatic rings. The summed E-state index contributed by atoms with van der Waals surface area (Å²) in [5, 5.41) is 2.82. The predicted molar refractivity (Wildman–Crippen MR) is 65.7 cm³/mol. The number of carbonyl (C=O) groups is 1. The van der Waals surface area contributed by atoms with Gasteiger partial charge in [0, 0.05) is 11.3 Å². The fraction of sp³-hybridized carbons (Fsp3) is 0.308. The lowest BCUT2D eigenvalue weighted by Crippen LogP contribution is -2.12. The van der Waals surface area contributed by atoms with Gasteiger partial charge < -0.3 is 10.1 Å². The van der Waals surface area contributed by atoms with E-state index in [0.29, 0.717) is 0 Å². The number of benzene rings is 1. The number of allylic oxidation sites excluding steroid dienone is 1. The fourth-order valence-electron chi connectivity index (χ4n) is 1.30. The van der Waals surface area contributed by atoms with E-state index in [1.54, 1.807) is 7.11 Å². The van der Waals surface area contributed by atoms with Crippen LogP contribution >= 0.6 is 0 Å². The minimum Gasteiger partial charge on any atom is -0.497 e. The van der Waals surface area contributed by atoms with Crippen LogP contribution in [0.2, 0.25) is 0 Å². The van der Waals surface area contributed by atoms with E-state index in [-0.39, 0.29) is 5.91 Å². The van der Waals surface area contributed by atoms with Crippen molar-refractivity contribution in [3.63, 3.8) is 0 Å². The van der Waals surface area contributed by atoms with Crippen LogP contribution in [0.3, 0.4) is 0 Å². The molecule has 0 saturated carbocycles. The number of carbonyl (C=O) groups excluding carboxylic acids is 1. The zero-order valence-corrected chi connectivity index (χ0v) is 9.91. The molecule has 0 aliphatic rings. The molecule has 0 atom stereocenters. The first kappa shape index (κ1) is 12.3. The smallest absolute Gasteiger partial charge is 0.250 e. The van der Waals surface area contributed by atoms with E-state index in [1.807, 2.05) is 44.2 Å². The SMILES string of the molecule is CC/C=C(\C)C(=O)Nc1ccc(OC)cc1. The Bertz CT molecular complexity index is 379. The van der Waals surface area contributed by atoms with Crippen molar-refractivity contribution >= 4 is 11.6 Å². The highest BCUT2D eigenvalue weighted by Crippen LogP contribution is 2.15. The molecule has 1 amide bonds. The lowest BCUT2D eigenvalue weighted by atomic mass is 10.2. The van der Waals surface area contributed by atoms with Crippen molar-refractivity contribution in [2.75, 3.05) is 12.4 Å². The zero-order chi connectivity index (χ0) is 12.0. The van der Waals surface area contributed by atoms with Crippen LogP contribution in [0, 0.1) is 0 Å². The number of rotatable bonds is 4. The lowest BCUT2D eigenvalue weighted by Gasteiger charge is -2.06. The molecule has 1 rings (SSSR count). The predicted octanol–water partition coefficient (Wildman–Crippen LogP) is 2.99. The number of hydrogen-bond donors (Lipinski definition) is 1. The largest absolute Gasteiger partial charge is 0.497 e. The first-order valence-electron chi connectivity index (χ1n) is 5.29. The molecule has 0 unspecified atom stereocenters. The second-order valence-corrected chi connectivity index (χ2v) is 3.48. The van der Waals surface area contributed by atoms with E-state index in [1.165, 1.54) is 0 Å². The summed E-state index contributed by atoms with van der Waals surface area (Å²) in [5.41, 5.74) is 1.51. The molecule has 16 heavy (non-hydrogen) atoms. The third kappa shape index (κ3) is 3.42. The quantitative estimate of drug-likeness (QED) is 0.790. The van der Waals surface area contributed by atoms with Gasteiger partial charge in [-0.25, -0.2) is 0 Å². The monoisotopic (exact) mass is 219 g/mol. The Hall–Kier alpha value is -1.77. The summed E-state index contributed by atoms with van der Waals surface area (Å²) >= 11 is 0. The van der Waals surface area contributed by atoms with Crippen molar-refractivity contribution in [1.82, 2.24) is 0 Å². The molecule has 1 N–H and O–H groups in total. The molecule has 3 nitrogen and oxygen atoms in total. The van der Waals surface area contributed by atoms with Crippen LogP contribution in [0.25, 0.3) is 0 Å². The average Bonchev–Trinajstić information content (AvgIpc) is 2.30. The summed E-state index contributed by atoms with van der Waals surface area (Å²) in [5.74, 6) is 0.714. The minimum atomic E-state index is -0.0629. The van der Waals surface area contributed by atoms with Crippen LogP contribution in [0.4, 0.5) is 5.69 Å². The molecule has 0 heterocycles. The van der Waals surface area contributed by atoms with E-state index < -0.39 is 0 Å². The summed E-state index contributed by atoms with van der Waals surface area (Å²) in [4.78, 5) is 11.6. The highest BCUT2D eigenvalue weighted by molar-refractivity contribution is 6.03. The molecule has 0 aromatic heterocycles. The van der Waals surface area contributed by atoms with Crippen LogP contribution in [0.5, 0.6) is 5.75 Å². The summed E-state index contributed by atoms with van der Waals surface area (Å²) in [7, 11) is 1.61. The number of anilines is 1. The van der Waals surface area contributed by atoms with E-state index in [0.717, 1.165) is 23.4 Å². The van der Waals surface area contributed by atoms with Gasteiger partial charge in [0.05, 0.1) is 7.11 Å². The molecular formula is C13H17NO2. The van der Waals surface area contributed by atoms with E-state index in [9.17, 15) is 4.79 Å². The molecule has 86 valence electrons. The first-order valence-corrected chi connectivity index (χ1v) is 5.29.